The number of likely N-dealkylation sites (N-methyl/N-ethyl adjacent to an activating group) is 1. The Kier molecular flexibility index (Phi) is 5.05. The van der Waals surface area contributed by atoms with Crippen molar-refractivity contribution in [1.82, 2.24) is 5.32 Å². The van der Waals surface area contributed by atoms with E-state index >= 15 is 0 Å². The summed E-state index contributed by atoms with van der Waals surface area (Å²) in [6.07, 6.45) is 0. The van der Waals surface area contributed by atoms with Crippen LogP contribution in [0, 0.1) is 5.92 Å². The number of ether oxygens (including phenoxy) is 3. The van der Waals surface area contributed by atoms with Crippen LogP contribution in [0.5, 0.6) is 11.5 Å². The van der Waals surface area contributed by atoms with E-state index in [1.807, 2.05) is 12.1 Å². The van der Waals surface area contributed by atoms with Gasteiger partial charge >= 0.3 is 0 Å². The van der Waals surface area contributed by atoms with E-state index in [9.17, 15) is 0 Å². The summed E-state index contributed by atoms with van der Waals surface area (Å²) in [5.41, 5.74) is 1.18. The Labute approximate surface area is 115 Å². The monoisotopic (exact) mass is 265 g/mol. The number of benzene rings is 1. The second-order valence-electron chi connectivity index (χ2n) is 5.15. The zero-order valence-electron chi connectivity index (χ0n) is 11.9. The Hall–Kier alpha value is -1.26. The van der Waals surface area contributed by atoms with Gasteiger partial charge in [0.05, 0.1) is 12.6 Å². The molecule has 0 aliphatic carbocycles. The van der Waals surface area contributed by atoms with Crippen LogP contribution in [0.2, 0.25) is 0 Å². The van der Waals surface area contributed by atoms with E-state index in [2.05, 4.69) is 32.2 Å². The Morgan fingerprint density at radius 2 is 2.00 bits per heavy atom. The van der Waals surface area contributed by atoms with E-state index in [-0.39, 0.29) is 6.04 Å². The highest BCUT2D eigenvalue weighted by Gasteiger charge is 2.17. The maximum atomic E-state index is 5.75. The Balaban J connectivity index is 2.01. The number of hydrogen-bond donors (Lipinski definition) is 1. The predicted molar refractivity (Wildman–Crippen MR) is 74.6 cm³/mol. The van der Waals surface area contributed by atoms with Crippen molar-refractivity contribution in [2.45, 2.75) is 26.8 Å². The van der Waals surface area contributed by atoms with Crippen LogP contribution in [0.25, 0.3) is 0 Å². The maximum Gasteiger partial charge on any atom is 0.231 e. The van der Waals surface area contributed by atoms with E-state index in [1.54, 1.807) is 0 Å². The molecule has 1 aromatic carbocycles. The van der Waals surface area contributed by atoms with Gasteiger partial charge in [0, 0.05) is 6.61 Å². The summed E-state index contributed by atoms with van der Waals surface area (Å²) in [5, 5.41) is 3.44. The molecular weight excluding hydrogens is 242 g/mol. The second-order valence-corrected chi connectivity index (χ2v) is 5.15. The molecule has 106 valence electrons. The van der Waals surface area contributed by atoms with Crippen molar-refractivity contribution >= 4 is 0 Å². The zero-order valence-corrected chi connectivity index (χ0v) is 11.9. The first-order valence-corrected chi connectivity index (χ1v) is 6.91. The summed E-state index contributed by atoms with van der Waals surface area (Å²) >= 11 is 0. The van der Waals surface area contributed by atoms with Crippen LogP contribution in [-0.2, 0) is 4.74 Å². The molecule has 4 nitrogen and oxygen atoms in total. The summed E-state index contributed by atoms with van der Waals surface area (Å²) in [7, 11) is 0. The van der Waals surface area contributed by atoms with Crippen molar-refractivity contribution in [2.75, 3.05) is 26.6 Å². The van der Waals surface area contributed by atoms with Crippen molar-refractivity contribution in [1.29, 1.82) is 0 Å². The third kappa shape index (κ3) is 3.85. The van der Waals surface area contributed by atoms with Gasteiger partial charge in [0.25, 0.3) is 0 Å². The van der Waals surface area contributed by atoms with Crippen LogP contribution in [0.1, 0.15) is 32.4 Å². The van der Waals surface area contributed by atoms with Gasteiger partial charge in [0.1, 0.15) is 0 Å². The molecule has 0 saturated heterocycles. The van der Waals surface area contributed by atoms with E-state index in [1.165, 1.54) is 5.56 Å². The largest absolute Gasteiger partial charge is 0.454 e. The molecule has 0 spiro atoms. The molecule has 1 aliphatic heterocycles. The van der Waals surface area contributed by atoms with Gasteiger partial charge in [-0.2, -0.15) is 0 Å². The van der Waals surface area contributed by atoms with Gasteiger partial charge in [-0.3, -0.25) is 0 Å². The van der Waals surface area contributed by atoms with Crippen LogP contribution in [-0.4, -0.2) is 26.6 Å². The summed E-state index contributed by atoms with van der Waals surface area (Å²) in [5.74, 6) is 2.20. The molecule has 1 aromatic rings. The number of hydrogen-bond acceptors (Lipinski definition) is 4. The smallest absolute Gasteiger partial charge is 0.231 e. The van der Waals surface area contributed by atoms with E-state index < -0.39 is 0 Å². The molecule has 2 rings (SSSR count). The fraction of sp³-hybridized carbons (Fsp3) is 0.600. The lowest BCUT2D eigenvalue weighted by Crippen LogP contribution is -2.26. The lowest BCUT2D eigenvalue weighted by Gasteiger charge is -2.19. The van der Waals surface area contributed by atoms with Crippen LogP contribution < -0.4 is 14.8 Å². The minimum Gasteiger partial charge on any atom is -0.454 e. The number of fused-ring (bicyclic) bond motifs is 1. The molecule has 1 heterocycles. The Morgan fingerprint density at radius 3 is 2.74 bits per heavy atom. The first kappa shape index (κ1) is 14.2. The van der Waals surface area contributed by atoms with Crippen LogP contribution in [0.15, 0.2) is 18.2 Å². The molecule has 1 aliphatic rings. The topological polar surface area (TPSA) is 39.7 Å². The molecular formula is C15H23NO3. The van der Waals surface area contributed by atoms with E-state index in [4.69, 9.17) is 14.2 Å². The molecule has 0 aromatic heterocycles. The highest BCUT2D eigenvalue weighted by Crippen LogP contribution is 2.34. The highest BCUT2D eigenvalue weighted by molar-refractivity contribution is 5.45. The molecule has 1 N–H and O–H groups in total. The predicted octanol–water partition coefficient (Wildman–Crippen LogP) is 2.74. The minimum absolute atomic E-state index is 0.193. The molecule has 1 atom stereocenters. The van der Waals surface area contributed by atoms with Crippen molar-refractivity contribution in [3.63, 3.8) is 0 Å². The molecule has 1 unspecified atom stereocenters. The summed E-state index contributed by atoms with van der Waals surface area (Å²) < 4.78 is 16.5. The molecule has 4 heteroatoms. The normalized spacial score (nSPS) is 14.9. The third-order valence-electron chi connectivity index (χ3n) is 2.99. The van der Waals surface area contributed by atoms with Crippen molar-refractivity contribution < 1.29 is 14.2 Å². The number of rotatable bonds is 7. The van der Waals surface area contributed by atoms with Gasteiger partial charge in [-0.15, -0.1) is 0 Å². The van der Waals surface area contributed by atoms with Crippen molar-refractivity contribution in [3.8, 4) is 11.5 Å². The molecule has 0 amide bonds. The Morgan fingerprint density at radius 1 is 1.21 bits per heavy atom. The fourth-order valence-corrected chi connectivity index (χ4v) is 2.07. The molecule has 0 saturated carbocycles. The molecule has 0 fully saturated rings. The van der Waals surface area contributed by atoms with Crippen molar-refractivity contribution in [2.24, 2.45) is 5.92 Å². The first-order valence-electron chi connectivity index (χ1n) is 6.91. The summed E-state index contributed by atoms with van der Waals surface area (Å²) in [4.78, 5) is 0. The van der Waals surface area contributed by atoms with E-state index in [0.29, 0.717) is 19.3 Å². The Bertz CT molecular complexity index is 406. The minimum atomic E-state index is 0.193. The van der Waals surface area contributed by atoms with Crippen LogP contribution >= 0.6 is 0 Å². The summed E-state index contributed by atoms with van der Waals surface area (Å²) in [6, 6.07) is 6.26. The van der Waals surface area contributed by atoms with Crippen LogP contribution in [0.3, 0.4) is 0 Å². The van der Waals surface area contributed by atoms with Gasteiger partial charge in [0.2, 0.25) is 6.79 Å². The lowest BCUT2D eigenvalue weighted by molar-refractivity contribution is 0.0905. The van der Waals surface area contributed by atoms with Gasteiger partial charge in [-0.1, -0.05) is 26.8 Å². The molecule has 0 bridgehead atoms. The van der Waals surface area contributed by atoms with Gasteiger partial charge in [-0.05, 0) is 30.2 Å². The average molecular weight is 265 g/mol. The highest BCUT2D eigenvalue weighted by atomic mass is 16.7. The van der Waals surface area contributed by atoms with Crippen molar-refractivity contribution in [3.05, 3.63) is 23.8 Å². The fourth-order valence-electron chi connectivity index (χ4n) is 2.07. The quantitative estimate of drug-likeness (QED) is 0.823. The van der Waals surface area contributed by atoms with Gasteiger partial charge in [-0.25, -0.2) is 0 Å². The third-order valence-corrected chi connectivity index (χ3v) is 2.99. The maximum absolute atomic E-state index is 5.75. The molecule has 19 heavy (non-hydrogen) atoms. The number of nitrogens with one attached hydrogen (secondary N) is 1. The molecule has 0 radical (unpaired) electrons. The van der Waals surface area contributed by atoms with E-state index in [0.717, 1.165) is 24.7 Å². The van der Waals surface area contributed by atoms with Crippen LogP contribution in [0.4, 0.5) is 0 Å². The average Bonchev–Trinajstić information content (AvgIpc) is 2.84. The first-order chi connectivity index (χ1) is 9.20. The zero-order chi connectivity index (χ0) is 13.7. The van der Waals surface area contributed by atoms with Gasteiger partial charge in [0.15, 0.2) is 11.5 Å². The van der Waals surface area contributed by atoms with Gasteiger partial charge < -0.3 is 19.5 Å². The lowest BCUT2D eigenvalue weighted by atomic mass is 10.1. The standard InChI is InChI=1S/C15H23NO3/c1-4-16-13(9-17-8-11(2)3)12-5-6-14-15(7-12)19-10-18-14/h5-7,11,13,16H,4,8-10H2,1-3H3. The second kappa shape index (κ2) is 6.78. The summed E-state index contributed by atoms with van der Waals surface area (Å²) in [6.45, 7) is 9.09. The SMILES string of the molecule is CCNC(COCC(C)C)c1ccc2c(c1)OCO2.